The molecule has 0 fully saturated rings. The molecule has 0 bridgehead atoms. The SMILES string of the molecule is CCOCCCC(O)Cc1c(Br)c(C)nn1C. The molecule has 1 aromatic heterocycles. The molecule has 0 saturated carbocycles. The van der Waals surface area contributed by atoms with Crippen LogP contribution >= 0.6 is 15.9 Å². The maximum absolute atomic E-state index is 9.94. The minimum Gasteiger partial charge on any atom is -0.393 e. The van der Waals surface area contributed by atoms with Crippen LogP contribution in [-0.4, -0.2) is 34.2 Å². The van der Waals surface area contributed by atoms with Crippen LogP contribution in [0.2, 0.25) is 0 Å². The zero-order chi connectivity index (χ0) is 12.8. The molecule has 5 heteroatoms. The van der Waals surface area contributed by atoms with Crippen molar-refractivity contribution in [2.45, 2.75) is 39.2 Å². The average Bonchev–Trinajstić information content (AvgIpc) is 2.52. The first-order chi connectivity index (χ1) is 8.06. The van der Waals surface area contributed by atoms with Crippen LogP contribution in [0.25, 0.3) is 0 Å². The molecule has 1 rings (SSSR count). The van der Waals surface area contributed by atoms with Crippen molar-refractivity contribution in [3.8, 4) is 0 Å². The monoisotopic (exact) mass is 304 g/mol. The van der Waals surface area contributed by atoms with Gasteiger partial charge in [0.2, 0.25) is 0 Å². The standard InChI is InChI=1S/C12H21BrN2O2/c1-4-17-7-5-6-10(16)8-11-12(13)9(2)14-15(11)3/h10,16H,4-8H2,1-3H3. The number of aliphatic hydroxyl groups excluding tert-OH is 1. The maximum Gasteiger partial charge on any atom is 0.0738 e. The number of hydrogen-bond acceptors (Lipinski definition) is 3. The lowest BCUT2D eigenvalue weighted by Crippen LogP contribution is -2.14. The van der Waals surface area contributed by atoms with Crippen molar-refractivity contribution in [2.24, 2.45) is 7.05 Å². The van der Waals surface area contributed by atoms with Gasteiger partial charge in [0.25, 0.3) is 0 Å². The molecule has 0 radical (unpaired) electrons. The van der Waals surface area contributed by atoms with Gasteiger partial charge in [-0.15, -0.1) is 0 Å². The highest BCUT2D eigenvalue weighted by Crippen LogP contribution is 2.22. The molecule has 0 saturated heterocycles. The average molecular weight is 305 g/mol. The Bertz CT molecular complexity index is 353. The van der Waals surface area contributed by atoms with Crippen LogP contribution in [0, 0.1) is 6.92 Å². The summed E-state index contributed by atoms with van der Waals surface area (Å²) < 4.78 is 8.08. The number of ether oxygens (including phenoxy) is 1. The topological polar surface area (TPSA) is 47.3 Å². The van der Waals surface area contributed by atoms with Gasteiger partial charge >= 0.3 is 0 Å². The summed E-state index contributed by atoms with van der Waals surface area (Å²) in [6, 6.07) is 0. The number of halogens is 1. The first kappa shape index (κ1) is 14.7. The molecule has 1 aromatic rings. The van der Waals surface area contributed by atoms with Gasteiger partial charge in [-0.1, -0.05) is 0 Å². The summed E-state index contributed by atoms with van der Waals surface area (Å²) in [5.74, 6) is 0. The molecule has 0 aliphatic carbocycles. The molecule has 0 spiro atoms. The van der Waals surface area contributed by atoms with Crippen LogP contribution in [0.5, 0.6) is 0 Å². The van der Waals surface area contributed by atoms with Crippen LogP contribution in [-0.2, 0) is 18.2 Å². The quantitative estimate of drug-likeness (QED) is 0.786. The van der Waals surface area contributed by atoms with Crippen molar-refractivity contribution < 1.29 is 9.84 Å². The van der Waals surface area contributed by atoms with Gasteiger partial charge in [-0.25, -0.2) is 0 Å². The van der Waals surface area contributed by atoms with Crippen molar-refractivity contribution in [1.29, 1.82) is 0 Å². The van der Waals surface area contributed by atoms with Crippen LogP contribution < -0.4 is 0 Å². The summed E-state index contributed by atoms with van der Waals surface area (Å²) >= 11 is 3.50. The van der Waals surface area contributed by atoms with Crippen molar-refractivity contribution in [2.75, 3.05) is 13.2 Å². The molecular weight excluding hydrogens is 284 g/mol. The Kier molecular flexibility index (Phi) is 6.16. The lowest BCUT2D eigenvalue weighted by atomic mass is 10.1. The van der Waals surface area contributed by atoms with E-state index < -0.39 is 0 Å². The number of nitrogens with zero attached hydrogens (tertiary/aromatic N) is 2. The van der Waals surface area contributed by atoms with Crippen molar-refractivity contribution in [3.63, 3.8) is 0 Å². The Balaban J connectivity index is 2.42. The van der Waals surface area contributed by atoms with Crippen molar-refractivity contribution >= 4 is 15.9 Å². The summed E-state index contributed by atoms with van der Waals surface area (Å²) in [6.45, 7) is 5.39. The lowest BCUT2D eigenvalue weighted by Gasteiger charge is -2.11. The third-order valence-corrected chi connectivity index (χ3v) is 3.75. The van der Waals surface area contributed by atoms with E-state index in [4.69, 9.17) is 4.74 Å². The smallest absolute Gasteiger partial charge is 0.0738 e. The predicted octanol–water partition coefficient (Wildman–Crippen LogP) is 2.21. The maximum atomic E-state index is 9.94. The second-order valence-electron chi connectivity index (χ2n) is 4.17. The van der Waals surface area contributed by atoms with E-state index in [1.807, 2.05) is 25.6 Å². The number of aromatic nitrogens is 2. The molecule has 0 aromatic carbocycles. The summed E-state index contributed by atoms with van der Waals surface area (Å²) in [4.78, 5) is 0. The van der Waals surface area contributed by atoms with E-state index >= 15 is 0 Å². The number of aryl methyl sites for hydroxylation is 2. The fourth-order valence-corrected chi connectivity index (χ4v) is 2.29. The first-order valence-electron chi connectivity index (χ1n) is 6.00. The molecule has 1 unspecified atom stereocenters. The largest absolute Gasteiger partial charge is 0.393 e. The zero-order valence-corrected chi connectivity index (χ0v) is 12.3. The Hall–Kier alpha value is -0.390. The third kappa shape index (κ3) is 4.41. The fourth-order valence-electron chi connectivity index (χ4n) is 1.79. The molecule has 0 amide bonds. The van der Waals surface area contributed by atoms with Gasteiger partial charge in [0.15, 0.2) is 0 Å². The van der Waals surface area contributed by atoms with Gasteiger partial charge in [-0.05, 0) is 42.6 Å². The Morgan fingerprint density at radius 2 is 2.24 bits per heavy atom. The highest BCUT2D eigenvalue weighted by molar-refractivity contribution is 9.10. The van der Waals surface area contributed by atoms with E-state index in [0.29, 0.717) is 6.42 Å². The van der Waals surface area contributed by atoms with E-state index in [0.717, 1.165) is 41.9 Å². The van der Waals surface area contributed by atoms with Gasteiger partial charge in [0.1, 0.15) is 0 Å². The van der Waals surface area contributed by atoms with E-state index in [9.17, 15) is 5.11 Å². The first-order valence-corrected chi connectivity index (χ1v) is 6.79. The van der Waals surface area contributed by atoms with E-state index in [2.05, 4.69) is 21.0 Å². The minimum absolute atomic E-state index is 0.332. The van der Waals surface area contributed by atoms with Gasteiger partial charge in [0, 0.05) is 26.7 Å². The van der Waals surface area contributed by atoms with Crippen LogP contribution in [0.3, 0.4) is 0 Å². The summed E-state index contributed by atoms with van der Waals surface area (Å²) in [5, 5.41) is 14.2. The Morgan fingerprint density at radius 1 is 1.53 bits per heavy atom. The highest BCUT2D eigenvalue weighted by atomic mass is 79.9. The van der Waals surface area contributed by atoms with Crippen LogP contribution in [0.4, 0.5) is 0 Å². The second kappa shape index (κ2) is 7.13. The molecule has 0 aliphatic heterocycles. The zero-order valence-electron chi connectivity index (χ0n) is 10.7. The second-order valence-corrected chi connectivity index (χ2v) is 4.96. The van der Waals surface area contributed by atoms with E-state index in [-0.39, 0.29) is 6.10 Å². The third-order valence-electron chi connectivity index (χ3n) is 2.72. The van der Waals surface area contributed by atoms with Gasteiger partial charge in [-0.3, -0.25) is 4.68 Å². The fraction of sp³-hybridized carbons (Fsp3) is 0.750. The summed E-state index contributed by atoms with van der Waals surface area (Å²) in [7, 11) is 1.90. The predicted molar refractivity (Wildman–Crippen MR) is 71.1 cm³/mol. The van der Waals surface area contributed by atoms with Gasteiger partial charge in [0.05, 0.1) is 22.0 Å². The van der Waals surface area contributed by atoms with Gasteiger partial charge < -0.3 is 9.84 Å². The number of aliphatic hydroxyl groups is 1. The van der Waals surface area contributed by atoms with Crippen molar-refractivity contribution in [1.82, 2.24) is 9.78 Å². The van der Waals surface area contributed by atoms with E-state index in [1.165, 1.54) is 0 Å². The number of hydrogen-bond donors (Lipinski definition) is 1. The van der Waals surface area contributed by atoms with Gasteiger partial charge in [-0.2, -0.15) is 5.10 Å². The van der Waals surface area contributed by atoms with Crippen LogP contribution in [0.15, 0.2) is 4.47 Å². The molecule has 1 atom stereocenters. The molecule has 17 heavy (non-hydrogen) atoms. The molecular formula is C12H21BrN2O2. The summed E-state index contributed by atoms with van der Waals surface area (Å²) in [5.41, 5.74) is 2.01. The Morgan fingerprint density at radius 3 is 2.76 bits per heavy atom. The Labute approximate surface area is 111 Å². The lowest BCUT2D eigenvalue weighted by molar-refractivity contribution is 0.113. The normalized spacial score (nSPS) is 13.0. The minimum atomic E-state index is -0.332. The number of rotatable bonds is 7. The van der Waals surface area contributed by atoms with Crippen molar-refractivity contribution in [3.05, 3.63) is 15.9 Å². The molecule has 0 aliphatic rings. The van der Waals surface area contributed by atoms with E-state index in [1.54, 1.807) is 0 Å². The molecule has 1 N–H and O–H groups in total. The highest BCUT2D eigenvalue weighted by Gasteiger charge is 2.14. The molecule has 1 heterocycles. The van der Waals surface area contributed by atoms with Crippen LogP contribution in [0.1, 0.15) is 31.2 Å². The summed E-state index contributed by atoms with van der Waals surface area (Å²) in [6.07, 6.45) is 1.95. The molecule has 4 nitrogen and oxygen atoms in total. The molecule has 98 valence electrons.